The van der Waals surface area contributed by atoms with E-state index in [1.54, 1.807) is 0 Å². The summed E-state index contributed by atoms with van der Waals surface area (Å²) in [5, 5.41) is 0. The van der Waals surface area contributed by atoms with E-state index in [9.17, 15) is 4.79 Å². The Bertz CT molecular complexity index is 297. The zero-order valence-electron chi connectivity index (χ0n) is 8.47. The van der Waals surface area contributed by atoms with Gasteiger partial charge in [-0.3, -0.25) is 9.80 Å². The largest absolute Gasteiger partial charge is 0.351 e. The molecule has 76 valence electrons. The average Bonchev–Trinajstić information content (AvgIpc) is 2.15. The number of carbonyl (C=O) groups excluding carboxylic acids is 1. The third kappa shape index (κ3) is 2.74. The summed E-state index contributed by atoms with van der Waals surface area (Å²) in [7, 11) is 3.78. The molecule has 0 bridgehead atoms. The lowest BCUT2D eigenvalue weighted by molar-refractivity contribution is 0.250. The molecular formula is C10H15N3O. The molecule has 0 fully saturated rings. The maximum absolute atomic E-state index is 11.2. The van der Waals surface area contributed by atoms with Gasteiger partial charge in [-0.05, 0) is 26.2 Å². The molecule has 1 aromatic carbocycles. The second kappa shape index (κ2) is 4.62. The minimum Gasteiger partial charge on any atom is -0.351 e. The first-order valence-electron chi connectivity index (χ1n) is 4.38. The van der Waals surface area contributed by atoms with Gasteiger partial charge in [0, 0.05) is 5.69 Å². The predicted molar refractivity (Wildman–Crippen MR) is 57.1 cm³/mol. The SMILES string of the molecule is CN(C)CN(C(N)=O)c1ccccc1. The predicted octanol–water partition coefficient (Wildman–Crippen LogP) is 1.09. The number of nitrogens with zero attached hydrogens (tertiary/aromatic N) is 2. The van der Waals surface area contributed by atoms with E-state index in [0.29, 0.717) is 6.67 Å². The van der Waals surface area contributed by atoms with Gasteiger partial charge in [-0.1, -0.05) is 18.2 Å². The van der Waals surface area contributed by atoms with Crippen molar-refractivity contribution in [1.29, 1.82) is 0 Å². The van der Waals surface area contributed by atoms with Crippen LogP contribution in [0.1, 0.15) is 0 Å². The lowest BCUT2D eigenvalue weighted by Gasteiger charge is -2.23. The standard InChI is InChI=1S/C10H15N3O/c1-12(2)8-13(10(11)14)9-6-4-3-5-7-9/h3-7H,8H2,1-2H3,(H2,11,14). The normalized spacial score (nSPS) is 10.2. The van der Waals surface area contributed by atoms with E-state index in [4.69, 9.17) is 5.73 Å². The lowest BCUT2D eigenvalue weighted by Crippen LogP contribution is -2.41. The van der Waals surface area contributed by atoms with E-state index in [-0.39, 0.29) is 0 Å². The van der Waals surface area contributed by atoms with Gasteiger partial charge >= 0.3 is 6.03 Å². The maximum atomic E-state index is 11.2. The van der Waals surface area contributed by atoms with Crippen molar-refractivity contribution in [2.45, 2.75) is 0 Å². The van der Waals surface area contributed by atoms with Crippen LogP contribution >= 0.6 is 0 Å². The van der Waals surface area contributed by atoms with Crippen LogP contribution in [0.4, 0.5) is 10.5 Å². The number of nitrogens with two attached hydrogens (primary N) is 1. The zero-order chi connectivity index (χ0) is 10.6. The number of urea groups is 1. The Labute approximate surface area is 83.9 Å². The van der Waals surface area contributed by atoms with Crippen molar-refractivity contribution in [3.63, 3.8) is 0 Å². The van der Waals surface area contributed by atoms with Gasteiger partial charge in [0.25, 0.3) is 0 Å². The number of rotatable bonds is 3. The number of anilines is 1. The number of para-hydroxylation sites is 1. The summed E-state index contributed by atoms with van der Waals surface area (Å²) in [6.07, 6.45) is 0. The number of amides is 2. The van der Waals surface area contributed by atoms with Crippen LogP contribution in [0.15, 0.2) is 30.3 Å². The first-order valence-corrected chi connectivity index (χ1v) is 4.38. The van der Waals surface area contributed by atoms with Gasteiger partial charge in [0.05, 0.1) is 6.67 Å². The molecule has 4 nitrogen and oxygen atoms in total. The number of primary amides is 1. The summed E-state index contributed by atoms with van der Waals surface area (Å²) in [5.74, 6) is 0. The van der Waals surface area contributed by atoms with Crippen molar-refractivity contribution in [2.75, 3.05) is 25.7 Å². The van der Waals surface area contributed by atoms with E-state index >= 15 is 0 Å². The Morgan fingerprint density at radius 3 is 2.29 bits per heavy atom. The molecule has 4 heteroatoms. The quantitative estimate of drug-likeness (QED) is 0.730. The molecule has 0 saturated carbocycles. The van der Waals surface area contributed by atoms with Gasteiger partial charge in [-0.15, -0.1) is 0 Å². The molecule has 0 aromatic heterocycles. The van der Waals surface area contributed by atoms with Crippen LogP contribution in [-0.2, 0) is 0 Å². The van der Waals surface area contributed by atoms with Crippen molar-refractivity contribution in [1.82, 2.24) is 4.90 Å². The minimum absolute atomic E-state index is 0.440. The van der Waals surface area contributed by atoms with Gasteiger partial charge in [-0.2, -0.15) is 0 Å². The summed E-state index contributed by atoms with van der Waals surface area (Å²) in [5.41, 5.74) is 6.09. The van der Waals surface area contributed by atoms with E-state index in [0.717, 1.165) is 5.69 Å². The lowest BCUT2D eigenvalue weighted by atomic mass is 10.3. The molecule has 0 unspecified atom stereocenters. The second-order valence-electron chi connectivity index (χ2n) is 3.32. The molecule has 1 aromatic rings. The van der Waals surface area contributed by atoms with Crippen molar-refractivity contribution in [2.24, 2.45) is 5.73 Å². The first-order chi connectivity index (χ1) is 6.61. The third-order valence-electron chi connectivity index (χ3n) is 1.76. The van der Waals surface area contributed by atoms with Gasteiger partial charge in [0.2, 0.25) is 0 Å². The molecule has 0 aliphatic heterocycles. The molecule has 0 spiro atoms. The van der Waals surface area contributed by atoms with Crippen LogP contribution in [0, 0.1) is 0 Å². The molecule has 0 aliphatic rings. The Morgan fingerprint density at radius 1 is 1.29 bits per heavy atom. The van der Waals surface area contributed by atoms with Crippen molar-refractivity contribution < 1.29 is 4.79 Å². The van der Waals surface area contributed by atoms with E-state index in [1.807, 2.05) is 49.3 Å². The number of hydrogen-bond donors (Lipinski definition) is 1. The van der Waals surface area contributed by atoms with Crippen molar-refractivity contribution >= 4 is 11.7 Å². The van der Waals surface area contributed by atoms with Crippen LogP contribution < -0.4 is 10.6 Å². The van der Waals surface area contributed by atoms with Crippen LogP contribution in [-0.4, -0.2) is 31.7 Å². The molecule has 0 radical (unpaired) electrons. The molecule has 0 saturated heterocycles. The van der Waals surface area contributed by atoms with Gasteiger partial charge in [0.15, 0.2) is 0 Å². The van der Waals surface area contributed by atoms with E-state index in [1.165, 1.54) is 4.90 Å². The topological polar surface area (TPSA) is 49.6 Å². The molecule has 0 heterocycles. The molecular weight excluding hydrogens is 178 g/mol. The first kappa shape index (κ1) is 10.5. The van der Waals surface area contributed by atoms with Crippen LogP contribution in [0.5, 0.6) is 0 Å². The third-order valence-corrected chi connectivity index (χ3v) is 1.76. The fraction of sp³-hybridized carbons (Fsp3) is 0.300. The molecule has 1 rings (SSSR count). The fourth-order valence-electron chi connectivity index (χ4n) is 1.17. The average molecular weight is 193 g/mol. The highest BCUT2D eigenvalue weighted by Crippen LogP contribution is 2.12. The summed E-state index contributed by atoms with van der Waals surface area (Å²) in [4.78, 5) is 14.6. The van der Waals surface area contributed by atoms with Crippen molar-refractivity contribution in [3.8, 4) is 0 Å². The Morgan fingerprint density at radius 2 is 1.86 bits per heavy atom. The smallest absolute Gasteiger partial charge is 0.320 e. The molecule has 2 N–H and O–H groups in total. The van der Waals surface area contributed by atoms with Crippen LogP contribution in [0.2, 0.25) is 0 Å². The Hall–Kier alpha value is -1.55. The monoisotopic (exact) mass is 193 g/mol. The summed E-state index contributed by atoms with van der Waals surface area (Å²) < 4.78 is 0. The molecule has 0 atom stereocenters. The summed E-state index contributed by atoms with van der Waals surface area (Å²) >= 11 is 0. The zero-order valence-corrected chi connectivity index (χ0v) is 8.47. The highest BCUT2D eigenvalue weighted by Gasteiger charge is 2.11. The van der Waals surface area contributed by atoms with Gasteiger partial charge in [-0.25, -0.2) is 4.79 Å². The van der Waals surface area contributed by atoms with Crippen molar-refractivity contribution in [3.05, 3.63) is 30.3 Å². The van der Waals surface area contributed by atoms with Crippen LogP contribution in [0.3, 0.4) is 0 Å². The maximum Gasteiger partial charge on any atom is 0.320 e. The Kier molecular flexibility index (Phi) is 3.48. The summed E-state index contributed by atoms with van der Waals surface area (Å²) in [6, 6.07) is 8.92. The van der Waals surface area contributed by atoms with E-state index in [2.05, 4.69) is 0 Å². The molecule has 14 heavy (non-hydrogen) atoms. The highest BCUT2D eigenvalue weighted by atomic mass is 16.2. The minimum atomic E-state index is -0.440. The highest BCUT2D eigenvalue weighted by molar-refractivity contribution is 5.90. The van der Waals surface area contributed by atoms with Gasteiger partial charge < -0.3 is 5.73 Å². The molecule has 0 aliphatic carbocycles. The second-order valence-corrected chi connectivity index (χ2v) is 3.32. The fourth-order valence-corrected chi connectivity index (χ4v) is 1.17. The number of benzene rings is 1. The number of hydrogen-bond acceptors (Lipinski definition) is 2. The summed E-state index contributed by atoms with van der Waals surface area (Å²) in [6.45, 7) is 0.485. The number of carbonyl (C=O) groups is 1. The van der Waals surface area contributed by atoms with Gasteiger partial charge in [0.1, 0.15) is 0 Å². The van der Waals surface area contributed by atoms with Crippen LogP contribution in [0.25, 0.3) is 0 Å². The molecule has 2 amide bonds. The van der Waals surface area contributed by atoms with E-state index < -0.39 is 6.03 Å². The Balaban J connectivity index is 2.84.